The molecule has 0 aliphatic heterocycles. The second-order valence-electron chi connectivity index (χ2n) is 7.12. The van der Waals surface area contributed by atoms with E-state index in [1.807, 2.05) is 48.5 Å². The zero-order valence-corrected chi connectivity index (χ0v) is 18.9. The number of aromatic nitrogens is 4. The van der Waals surface area contributed by atoms with Crippen molar-refractivity contribution >= 4 is 29.2 Å². The number of alkyl halides is 2. The maximum Gasteiger partial charge on any atom is 0.339 e. The van der Waals surface area contributed by atoms with Crippen molar-refractivity contribution in [2.45, 2.75) is 6.43 Å². The first kappa shape index (κ1) is 24.6. The van der Waals surface area contributed by atoms with Crippen molar-refractivity contribution in [1.82, 2.24) is 19.6 Å². The maximum absolute atomic E-state index is 12.3. The number of carboxylic acids is 1. The van der Waals surface area contributed by atoms with E-state index in [-0.39, 0.29) is 5.91 Å². The molecule has 0 bridgehead atoms. The fourth-order valence-electron chi connectivity index (χ4n) is 3.06. The average Bonchev–Trinajstić information content (AvgIpc) is 3.40. The molecule has 176 valence electrons. The van der Waals surface area contributed by atoms with E-state index in [1.54, 1.807) is 17.9 Å². The number of anilines is 1. The number of carboxylic acid groups (broad SMARTS) is 1. The quantitative estimate of drug-likeness (QED) is 0.410. The summed E-state index contributed by atoms with van der Waals surface area (Å²) >= 11 is 6.05. The number of carbonyl (C=O) groups is 2. The first-order valence-electron chi connectivity index (χ1n) is 9.85. The number of halogens is 3. The normalized spacial score (nSPS) is 10.5. The van der Waals surface area contributed by atoms with Gasteiger partial charge in [0.1, 0.15) is 11.3 Å². The lowest BCUT2D eigenvalue weighted by molar-refractivity contribution is 0.0684. The summed E-state index contributed by atoms with van der Waals surface area (Å²) in [4.78, 5) is 22.6. The third-order valence-electron chi connectivity index (χ3n) is 4.57. The Bertz CT molecular complexity index is 1320. The van der Waals surface area contributed by atoms with Crippen LogP contribution in [0.5, 0.6) is 0 Å². The van der Waals surface area contributed by atoms with Gasteiger partial charge < -0.3 is 10.4 Å². The fraction of sp³-hybridized carbons (Fsp3) is 0.130. The summed E-state index contributed by atoms with van der Waals surface area (Å²) in [6.45, 7) is 0. The number of amides is 1. The average molecular weight is 488 g/mol. The molecule has 0 aliphatic rings. The highest BCUT2D eigenvalue weighted by atomic mass is 35.5. The third kappa shape index (κ3) is 6.04. The molecule has 0 saturated carbocycles. The topological polar surface area (TPSA) is 102 Å². The monoisotopic (exact) mass is 487 g/mol. The Morgan fingerprint density at radius 2 is 1.79 bits per heavy atom. The van der Waals surface area contributed by atoms with E-state index < -0.39 is 23.7 Å². The van der Waals surface area contributed by atoms with Crippen molar-refractivity contribution in [1.29, 1.82) is 0 Å². The van der Waals surface area contributed by atoms with Crippen LogP contribution in [-0.2, 0) is 14.1 Å². The van der Waals surface area contributed by atoms with Gasteiger partial charge in [-0.05, 0) is 23.8 Å². The van der Waals surface area contributed by atoms with E-state index in [2.05, 4.69) is 15.5 Å². The molecule has 0 saturated heterocycles. The van der Waals surface area contributed by atoms with Crippen LogP contribution in [0, 0.1) is 0 Å². The first-order valence-corrected chi connectivity index (χ1v) is 10.2. The Morgan fingerprint density at radius 1 is 1.06 bits per heavy atom. The summed E-state index contributed by atoms with van der Waals surface area (Å²) < 4.78 is 26.8. The molecule has 4 aromatic rings. The lowest BCUT2D eigenvalue weighted by atomic mass is 10.0. The summed E-state index contributed by atoms with van der Waals surface area (Å²) in [7, 11) is 3.16. The van der Waals surface area contributed by atoms with Gasteiger partial charge in [-0.2, -0.15) is 10.2 Å². The van der Waals surface area contributed by atoms with Crippen LogP contribution in [0.1, 0.15) is 32.8 Å². The van der Waals surface area contributed by atoms with Crippen LogP contribution in [0.4, 0.5) is 14.5 Å². The molecular formula is C23H20ClF2N5O3. The van der Waals surface area contributed by atoms with E-state index in [1.165, 1.54) is 13.2 Å². The number of aromatic carboxylic acids is 1. The van der Waals surface area contributed by atoms with E-state index in [4.69, 9.17) is 16.7 Å². The maximum atomic E-state index is 12.3. The van der Waals surface area contributed by atoms with Crippen molar-refractivity contribution < 1.29 is 23.5 Å². The van der Waals surface area contributed by atoms with Crippen molar-refractivity contribution in [3.8, 4) is 11.1 Å². The Kier molecular flexibility index (Phi) is 7.75. The van der Waals surface area contributed by atoms with Crippen LogP contribution >= 0.6 is 11.6 Å². The van der Waals surface area contributed by atoms with Crippen LogP contribution in [0.15, 0.2) is 67.1 Å². The molecule has 4 rings (SSSR count). The highest BCUT2D eigenvalue weighted by molar-refractivity contribution is 6.30. The number of nitrogens with zero attached hydrogens (tertiary/aromatic N) is 4. The molecule has 2 aromatic carbocycles. The molecule has 0 unspecified atom stereocenters. The number of nitrogens with one attached hydrogen (secondary N) is 1. The Morgan fingerprint density at radius 3 is 2.38 bits per heavy atom. The summed E-state index contributed by atoms with van der Waals surface area (Å²) in [5.41, 5.74) is 1.98. The third-order valence-corrected chi connectivity index (χ3v) is 4.81. The van der Waals surface area contributed by atoms with Gasteiger partial charge in [-0.25, -0.2) is 13.6 Å². The minimum atomic E-state index is -2.85. The molecule has 2 N–H and O–H groups in total. The number of rotatable bonds is 5. The van der Waals surface area contributed by atoms with Gasteiger partial charge in [-0.3, -0.25) is 14.2 Å². The van der Waals surface area contributed by atoms with Gasteiger partial charge >= 0.3 is 5.97 Å². The van der Waals surface area contributed by atoms with Crippen LogP contribution in [0.3, 0.4) is 0 Å². The van der Waals surface area contributed by atoms with Gasteiger partial charge in [0.15, 0.2) is 0 Å². The van der Waals surface area contributed by atoms with E-state index in [0.717, 1.165) is 27.7 Å². The van der Waals surface area contributed by atoms with Crippen LogP contribution in [-0.4, -0.2) is 36.5 Å². The van der Waals surface area contributed by atoms with Crippen molar-refractivity contribution in [3.05, 3.63) is 89.0 Å². The summed E-state index contributed by atoms with van der Waals surface area (Å²) in [6.07, 6.45) is 1.41. The number of benzene rings is 2. The zero-order valence-electron chi connectivity index (χ0n) is 18.1. The summed E-state index contributed by atoms with van der Waals surface area (Å²) in [5, 5.41) is 19.3. The van der Waals surface area contributed by atoms with Crippen LogP contribution < -0.4 is 5.32 Å². The molecule has 2 heterocycles. The number of para-hydroxylation sites is 1. The molecule has 1 amide bonds. The highest BCUT2D eigenvalue weighted by Gasteiger charge is 2.21. The van der Waals surface area contributed by atoms with Crippen molar-refractivity contribution in [2.24, 2.45) is 14.1 Å². The number of aryl methyl sites for hydroxylation is 2. The first-order chi connectivity index (χ1) is 16.2. The predicted octanol–water partition coefficient (Wildman–Crippen LogP) is 5.05. The number of hydrogen-bond donors (Lipinski definition) is 2. The number of hydrogen-bond acceptors (Lipinski definition) is 4. The van der Waals surface area contributed by atoms with Crippen molar-refractivity contribution in [2.75, 3.05) is 5.32 Å². The molecule has 34 heavy (non-hydrogen) atoms. The van der Waals surface area contributed by atoms with E-state index >= 15 is 0 Å². The Labute approximate surface area is 198 Å². The molecule has 11 heteroatoms. The molecular weight excluding hydrogens is 468 g/mol. The predicted molar refractivity (Wildman–Crippen MR) is 123 cm³/mol. The Hall–Kier alpha value is -4.05. The molecule has 0 spiro atoms. The molecule has 0 aliphatic carbocycles. The van der Waals surface area contributed by atoms with E-state index in [0.29, 0.717) is 10.6 Å². The lowest BCUT2D eigenvalue weighted by Gasteiger charge is -2.11. The molecule has 2 aromatic heterocycles. The summed E-state index contributed by atoms with van der Waals surface area (Å²) in [5.74, 6) is -1.58. The Balaban J connectivity index is 0.000000229. The second kappa shape index (κ2) is 10.7. The highest BCUT2D eigenvalue weighted by Crippen LogP contribution is 2.29. The molecule has 0 atom stereocenters. The largest absolute Gasteiger partial charge is 0.478 e. The number of carbonyl (C=O) groups excluding carboxylic acids is 1. The van der Waals surface area contributed by atoms with E-state index in [9.17, 15) is 18.4 Å². The summed E-state index contributed by atoms with van der Waals surface area (Å²) in [6, 6.07) is 15.2. The zero-order chi connectivity index (χ0) is 24.8. The van der Waals surface area contributed by atoms with Crippen molar-refractivity contribution in [3.63, 3.8) is 0 Å². The SMILES string of the molecule is Cn1cc(C(=O)Nc2ccccc2-c2cccc(Cl)c2)cn1.Cn1cc(C(=O)O)c(C(F)F)n1. The minimum Gasteiger partial charge on any atom is -0.478 e. The minimum absolute atomic E-state index is 0.192. The van der Waals surface area contributed by atoms with Gasteiger partial charge in [0.2, 0.25) is 0 Å². The van der Waals surface area contributed by atoms with Gasteiger partial charge in [-0.1, -0.05) is 41.9 Å². The smallest absolute Gasteiger partial charge is 0.339 e. The van der Waals surface area contributed by atoms with Crippen LogP contribution in [0.2, 0.25) is 5.02 Å². The van der Waals surface area contributed by atoms with Gasteiger partial charge in [0.25, 0.3) is 12.3 Å². The molecule has 8 nitrogen and oxygen atoms in total. The second-order valence-corrected chi connectivity index (χ2v) is 7.56. The fourth-order valence-corrected chi connectivity index (χ4v) is 3.25. The standard InChI is InChI=1S/C17H14ClN3O.C6H6F2N2O2/c1-21-11-13(10-19-21)17(22)20-16-8-3-2-7-15(16)12-5-4-6-14(18)9-12;1-10-2-3(6(11)12)4(9-10)5(7)8/h2-11H,1H3,(H,20,22);2,5H,1H3,(H,11,12). The van der Waals surface area contributed by atoms with Gasteiger partial charge in [0, 0.05) is 42.8 Å². The molecule has 0 fully saturated rings. The van der Waals surface area contributed by atoms with Gasteiger partial charge in [-0.15, -0.1) is 0 Å². The van der Waals surface area contributed by atoms with Crippen LogP contribution in [0.25, 0.3) is 11.1 Å². The molecule has 0 radical (unpaired) electrons. The van der Waals surface area contributed by atoms with Gasteiger partial charge in [0.05, 0.1) is 11.8 Å². The lowest BCUT2D eigenvalue weighted by Crippen LogP contribution is -2.11.